The number of aryl methyl sites for hydroxylation is 1. The molecule has 0 N–H and O–H groups in total. The van der Waals surface area contributed by atoms with Crippen molar-refractivity contribution in [1.82, 2.24) is 0 Å². The summed E-state index contributed by atoms with van der Waals surface area (Å²) in [7, 11) is 0. The molecule has 16 heavy (non-hydrogen) atoms. The maximum Gasteiger partial charge on any atom is 0.160 e. The van der Waals surface area contributed by atoms with E-state index >= 15 is 0 Å². The van der Waals surface area contributed by atoms with E-state index in [0.717, 1.165) is 16.7 Å². The zero-order valence-electron chi connectivity index (χ0n) is 10.1. The minimum Gasteiger partial charge on any atom is -0.297 e. The van der Waals surface area contributed by atoms with Gasteiger partial charge in [-0.15, -0.1) is 11.3 Å². The molecule has 0 aliphatic heterocycles. The van der Waals surface area contributed by atoms with Crippen LogP contribution in [-0.4, -0.2) is 6.29 Å². The Morgan fingerprint density at radius 1 is 1.25 bits per heavy atom. The molecule has 0 atom stereocenters. The van der Waals surface area contributed by atoms with Gasteiger partial charge < -0.3 is 0 Å². The number of hydrogen-bond acceptors (Lipinski definition) is 2. The van der Waals surface area contributed by atoms with Gasteiger partial charge in [0.25, 0.3) is 0 Å². The van der Waals surface area contributed by atoms with Crippen molar-refractivity contribution in [2.24, 2.45) is 0 Å². The minimum atomic E-state index is 0.157. The first-order chi connectivity index (χ1) is 7.43. The molecule has 84 valence electrons. The number of fused-ring (bicyclic) bond motifs is 1. The van der Waals surface area contributed by atoms with Crippen LogP contribution in [0.15, 0.2) is 18.2 Å². The van der Waals surface area contributed by atoms with Gasteiger partial charge in [-0.05, 0) is 41.0 Å². The van der Waals surface area contributed by atoms with E-state index in [0.29, 0.717) is 0 Å². The smallest absolute Gasteiger partial charge is 0.160 e. The molecule has 2 rings (SSSR count). The highest BCUT2D eigenvalue weighted by Gasteiger charge is 2.15. The van der Waals surface area contributed by atoms with E-state index in [2.05, 4.69) is 39.0 Å². The molecule has 1 aromatic carbocycles. The zero-order chi connectivity index (χ0) is 11.9. The lowest BCUT2D eigenvalue weighted by molar-refractivity contribution is 0.112. The lowest BCUT2D eigenvalue weighted by Gasteiger charge is -2.18. The second-order valence-corrected chi connectivity index (χ2v) is 6.25. The minimum absolute atomic E-state index is 0.157. The highest BCUT2D eigenvalue weighted by Crippen LogP contribution is 2.33. The first kappa shape index (κ1) is 11.3. The van der Waals surface area contributed by atoms with Gasteiger partial charge in [0.15, 0.2) is 6.29 Å². The lowest BCUT2D eigenvalue weighted by atomic mass is 9.86. The van der Waals surface area contributed by atoms with Gasteiger partial charge in [-0.25, -0.2) is 0 Å². The normalized spacial score (nSPS) is 12.0. The highest BCUT2D eigenvalue weighted by molar-refractivity contribution is 7.20. The number of carbonyl (C=O) groups is 1. The molecule has 2 aromatic rings. The summed E-state index contributed by atoms with van der Waals surface area (Å²) in [4.78, 5) is 11.7. The maximum atomic E-state index is 10.9. The first-order valence-corrected chi connectivity index (χ1v) is 6.24. The summed E-state index contributed by atoms with van der Waals surface area (Å²) in [5.74, 6) is 0. The van der Waals surface area contributed by atoms with Crippen molar-refractivity contribution in [2.45, 2.75) is 33.1 Å². The summed E-state index contributed by atoms with van der Waals surface area (Å²) in [5, 5.41) is 1.22. The highest BCUT2D eigenvalue weighted by atomic mass is 32.1. The molecule has 1 nitrogen and oxygen atoms in total. The Labute approximate surface area is 100 Å². The molecule has 2 heteroatoms. The van der Waals surface area contributed by atoms with E-state index in [9.17, 15) is 4.79 Å². The van der Waals surface area contributed by atoms with E-state index in [-0.39, 0.29) is 5.41 Å². The van der Waals surface area contributed by atoms with Crippen LogP contribution in [0.25, 0.3) is 10.1 Å². The number of rotatable bonds is 1. The molecule has 0 unspecified atom stereocenters. The Hall–Kier alpha value is -1.15. The Bertz CT molecular complexity index is 544. The van der Waals surface area contributed by atoms with Crippen molar-refractivity contribution < 1.29 is 4.79 Å². The van der Waals surface area contributed by atoms with Crippen LogP contribution in [0.2, 0.25) is 0 Å². The molecule has 0 aliphatic carbocycles. The number of carbonyl (C=O) groups excluding carboxylic acids is 1. The number of aldehydes is 1. The van der Waals surface area contributed by atoms with Gasteiger partial charge in [0.05, 0.1) is 4.88 Å². The molecule has 0 radical (unpaired) electrons. The Morgan fingerprint density at radius 2 is 1.94 bits per heavy atom. The first-order valence-electron chi connectivity index (χ1n) is 5.42. The monoisotopic (exact) mass is 232 g/mol. The summed E-state index contributed by atoms with van der Waals surface area (Å²) in [6, 6.07) is 6.50. The quantitative estimate of drug-likeness (QED) is 0.669. The molecule has 0 spiro atoms. The van der Waals surface area contributed by atoms with Gasteiger partial charge in [-0.1, -0.05) is 26.8 Å². The molecule has 0 bridgehead atoms. The SMILES string of the molecule is Cc1c(C=O)sc2ccc(C(C)(C)C)cc12. The van der Waals surface area contributed by atoms with Crippen molar-refractivity contribution in [3.63, 3.8) is 0 Å². The van der Waals surface area contributed by atoms with Gasteiger partial charge in [-0.2, -0.15) is 0 Å². The van der Waals surface area contributed by atoms with Crippen molar-refractivity contribution in [1.29, 1.82) is 0 Å². The molecule has 0 amide bonds. The van der Waals surface area contributed by atoms with Gasteiger partial charge in [-0.3, -0.25) is 4.79 Å². The van der Waals surface area contributed by atoms with E-state index < -0.39 is 0 Å². The molecule has 0 aliphatic rings. The number of hydrogen-bond donors (Lipinski definition) is 0. The second-order valence-electron chi connectivity index (χ2n) is 5.17. The summed E-state index contributed by atoms with van der Waals surface area (Å²) < 4.78 is 1.20. The average Bonchev–Trinajstić information content (AvgIpc) is 2.54. The molecular formula is C14H16OS. The standard InChI is InChI=1S/C14H16OS/c1-9-11-7-10(14(2,3)4)5-6-12(11)16-13(9)8-15/h5-8H,1-4H3. The zero-order valence-corrected chi connectivity index (χ0v) is 10.9. The van der Waals surface area contributed by atoms with Crippen molar-refractivity contribution in [2.75, 3.05) is 0 Å². The van der Waals surface area contributed by atoms with E-state index in [1.165, 1.54) is 15.6 Å². The van der Waals surface area contributed by atoms with Crippen molar-refractivity contribution >= 4 is 27.7 Å². The molecule has 0 fully saturated rings. The van der Waals surface area contributed by atoms with Crippen LogP contribution < -0.4 is 0 Å². The Morgan fingerprint density at radius 3 is 2.50 bits per heavy atom. The summed E-state index contributed by atoms with van der Waals surface area (Å²) >= 11 is 1.58. The largest absolute Gasteiger partial charge is 0.297 e. The fourth-order valence-corrected chi connectivity index (χ4v) is 2.82. The summed E-state index contributed by atoms with van der Waals surface area (Å²) in [6.07, 6.45) is 0.955. The summed E-state index contributed by atoms with van der Waals surface area (Å²) in [6.45, 7) is 8.64. The van der Waals surface area contributed by atoms with Crippen LogP contribution in [-0.2, 0) is 5.41 Å². The molecule has 1 heterocycles. The number of thiophene rings is 1. The Kier molecular flexibility index (Phi) is 2.62. The van der Waals surface area contributed by atoms with Crippen LogP contribution in [0, 0.1) is 6.92 Å². The Balaban J connectivity index is 2.70. The molecule has 0 saturated carbocycles. The van der Waals surface area contributed by atoms with Crippen LogP contribution in [0.1, 0.15) is 41.6 Å². The predicted octanol–water partition coefficient (Wildman–Crippen LogP) is 4.32. The topological polar surface area (TPSA) is 17.1 Å². The van der Waals surface area contributed by atoms with Crippen LogP contribution in [0.4, 0.5) is 0 Å². The molecular weight excluding hydrogens is 216 g/mol. The lowest BCUT2D eigenvalue weighted by Crippen LogP contribution is -2.10. The third-order valence-corrected chi connectivity index (χ3v) is 4.14. The predicted molar refractivity (Wildman–Crippen MR) is 70.6 cm³/mol. The van der Waals surface area contributed by atoms with Gasteiger partial charge in [0.1, 0.15) is 0 Å². The van der Waals surface area contributed by atoms with E-state index in [1.807, 2.05) is 6.92 Å². The van der Waals surface area contributed by atoms with Crippen molar-refractivity contribution in [3.8, 4) is 0 Å². The number of benzene rings is 1. The fourth-order valence-electron chi connectivity index (χ4n) is 1.82. The fraction of sp³-hybridized carbons (Fsp3) is 0.357. The van der Waals surface area contributed by atoms with Crippen LogP contribution in [0.3, 0.4) is 0 Å². The van der Waals surface area contributed by atoms with Crippen LogP contribution in [0.5, 0.6) is 0 Å². The van der Waals surface area contributed by atoms with E-state index in [4.69, 9.17) is 0 Å². The van der Waals surface area contributed by atoms with Gasteiger partial charge in [0, 0.05) is 4.70 Å². The summed E-state index contributed by atoms with van der Waals surface area (Å²) in [5.41, 5.74) is 2.59. The van der Waals surface area contributed by atoms with E-state index in [1.54, 1.807) is 11.3 Å². The van der Waals surface area contributed by atoms with Gasteiger partial charge in [0.2, 0.25) is 0 Å². The molecule has 0 saturated heterocycles. The molecule has 1 aromatic heterocycles. The van der Waals surface area contributed by atoms with Crippen molar-refractivity contribution in [3.05, 3.63) is 34.2 Å². The third-order valence-electron chi connectivity index (χ3n) is 2.95. The van der Waals surface area contributed by atoms with Crippen LogP contribution >= 0.6 is 11.3 Å². The van der Waals surface area contributed by atoms with Gasteiger partial charge >= 0.3 is 0 Å². The maximum absolute atomic E-state index is 10.9. The average molecular weight is 232 g/mol. The third kappa shape index (κ3) is 1.78. The second kappa shape index (κ2) is 3.70.